The van der Waals surface area contributed by atoms with Crippen LogP contribution in [0.2, 0.25) is 0 Å². The Morgan fingerprint density at radius 2 is 1.77 bits per heavy atom. The summed E-state index contributed by atoms with van der Waals surface area (Å²) in [5.74, 6) is -0.975. The first-order chi connectivity index (χ1) is 12.5. The monoisotopic (exact) mass is 361 g/mol. The van der Waals surface area contributed by atoms with Gasteiger partial charge in [-0.1, -0.05) is 30.3 Å². The van der Waals surface area contributed by atoms with Crippen LogP contribution in [0.1, 0.15) is 17.2 Å². The Morgan fingerprint density at radius 1 is 1.04 bits per heavy atom. The largest absolute Gasteiger partial charge is 0.396 e. The summed E-state index contributed by atoms with van der Waals surface area (Å²) in [5.41, 5.74) is -0.870. The van der Waals surface area contributed by atoms with E-state index in [-0.39, 0.29) is 25.4 Å². The van der Waals surface area contributed by atoms with Crippen LogP contribution in [0, 0.1) is 11.8 Å². The Morgan fingerprint density at radius 3 is 2.35 bits per heavy atom. The number of aliphatic hydroxyl groups is 3. The number of nitrogens with one attached hydrogen (secondary N) is 3. The molecule has 2 aromatic rings. The van der Waals surface area contributed by atoms with Crippen LogP contribution in [0.25, 0.3) is 0 Å². The summed E-state index contributed by atoms with van der Waals surface area (Å²) in [5, 5.41) is 33.3. The van der Waals surface area contributed by atoms with E-state index in [4.69, 9.17) is 0 Å². The minimum Gasteiger partial charge on any atom is -0.396 e. The average Bonchev–Trinajstić information content (AvgIpc) is 2.96. The lowest BCUT2D eigenvalue weighted by Crippen LogP contribution is -2.52. The van der Waals surface area contributed by atoms with Crippen LogP contribution in [0.15, 0.2) is 46.1 Å². The van der Waals surface area contributed by atoms with Crippen LogP contribution in [0.4, 0.5) is 0 Å². The zero-order valence-corrected chi connectivity index (χ0v) is 14.2. The molecule has 0 bridgehead atoms. The Kier molecular flexibility index (Phi) is 5.38. The van der Waals surface area contributed by atoms with Gasteiger partial charge in [-0.15, -0.1) is 0 Å². The van der Waals surface area contributed by atoms with Gasteiger partial charge in [0.15, 0.2) is 0 Å². The fraction of sp³-hybridized carbons (Fsp3) is 0.444. The maximum atomic E-state index is 12.2. The quantitative estimate of drug-likeness (QED) is 0.386. The molecule has 0 radical (unpaired) electrons. The number of aliphatic hydroxyl groups excluding tert-OH is 3. The van der Waals surface area contributed by atoms with Gasteiger partial charge in [-0.2, -0.15) is 0 Å². The predicted octanol–water partition coefficient (Wildman–Crippen LogP) is -1.10. The number of hydrogen-bond acceptors (Lipinski definition) is 6. The second-order valence-corrected chi connectivity index (χ2v) is 6.76. The molecule has 26 heavy (non-hydrogen) atoms. The topological polar surface area (TPSA) is 138 Å². The van der Waals surface area contributed by atoms with Crippen molar-refractivity contribution in [3.63, 3.8) is 0 Å². The molecular weight excluding hydrogens is 338 g/mol. The lowest BCUT2D eigenvalue weighted by atomic mass is 9.76. The average molecular weight is 361 g/mol. The fourth-order valence-electron chi connectivity index (χ4n) is 4.03. The van der Waals surface area contributed by atoms with E-state index in [0.29, 0.717) is 6.42 Å². The Balaban J connectivity index is 2.03. The molecule has 0 spiro atoms. The third-order valence-corrected chi connectivity index (χ3v) is 5.33. The molecule has 140 valence electrons. The number of aromatic nitrogens is 2. The molecule has 0 amide bonds. The molecule has 0 aliphatic carbocycles. The second kappa shape index (κ2) is 7.55. The van der Waals surface area contributed by atoms with E-state index in [2.05, 4.69) is 15.3 Å². The van der Waals surface area contributed by atoms with E-state index >= 15 is 0 Å². The van der Waals surface area contributed by atoms with Gasteiger partial charge in [-0.05, 0) is 12.0 Å². The lowest BCUT2D eigenvalue weighted by Gasteiger charge is -2.34. The summed E-state index contributed by atoms with van der Waals surface area (Å²) in [6.45, 7) is -0.817. The van der Waals surface area contributed by atoms with Crippen LogP contribution in [0.5, 0.6) is 0 Å². The van der Waals surface area contributed by atoms with Gasteiger partial charge >= 0.3 is 5.69 Å². The predicted molar refractivity (Wildman–Crippen MR) is 94.7 cm³/mol. The van der Waals surface area contributed by atoms with Gasteiger partial charge in [-0.25, -0.2) is 4.79 Å². The number of aromatic amines is 2. The molecule has 6 N–H and O–H groups in total. The van der Waals surface area contributed by atoms with Crippen molar-refractivity contribution in [3.8, 4) is 0 Å². The molecule has 8 heteroatoms. The summed E-state index contributed by atoms with van der Waals surface area (Å²) >= 11 is 0. The van der Waals surface area contributed by atoms with Gasteiger partial charge in [0.25, 0.3) is 5.56 Å². The smallest absolute Gasteiger partial charge is 0.325 e. The van der Waals surface area contributed by atoms with Crippen molar-refractivity contribution in [2.75, 3.05) is 19.8 Å². The van der Waals surface area contributed by atoms with E-state index in [0.717, 1.165) is 5.56 Å². The van der Waals surface area contributed by atoms with Gasteiger partial charge in [-0.3, -0.25) is 9.78 Å². The maximum Gasteiger partial charge on any atom is 0.325 e. The zero-order chi connectivity index (χ0) is 18.7. The zero-order valence-electron chi connectivity index (χ0n) is 14.2. The molecule has 1 aliphatic rings. The third-order valence-electron chi connectivity index (χ3n) is 5.33. The Bertz CT molecular complexity index is 850. The molecule has 4 atom stereocenters. The van der Waals surface area contributed by atoms with Crippen molar-refractivity contribution in [1.82, 2.24) is 15.3 Å². The van der Waals surface area contributed by atoms with Crippen molar-refractivity contribution in [3.05, 3.63) is 68.5 Å². The molecule has 1 aliphatic heterocycles. The minimum atomic E-state index is -0.906. The SMILES string of the molecule is O=c1[nH]cc([C@H]2N[C@](CO)(Cc3ccccc3)[C@@H](CO)[C@@H]2CO)c(=O)[nH]1. The van der Waals surface area contributed by atoms with Crippen molar-refractivity contribution in [2.45, 2.75) is 18.0 Å². The second-order valence-electron chi connectivity index (χ2n) is 6.76. The first-order valence-electron chi connectivity index (χ1n) is 8.50. The molecule has 1 aromatic heterocycles. The number of hydrogen-bond donors (Lipinski definition) is 6. The normalized spacial score (nSPS) is 28.3. The molecule has 1 fully saturated rings. The van der Waals surface area contributed by atoms with Gasteiger partial charge in [0.05, 0.1) is 17.7 Å². The van der Waals surface area contributed by atoms with E-state index in [9.17, 15) is 24.9 Å². The molecule has 0 unspecified atom stereocenters. The lowest BCUT2D eigenvalue weighted by molar-refractivity contribution is 0.0646. The van der Waals surface area contributed by atoms with Crippen LogP contribution in [-0.4, -0.2) is 50.6 Å². The first kappa shape index (κ1) is 18.5. The van der Waals surface area contributed by atoms with E-state index in [1.165, 1.54) is 6.20 Å². The first-order valence-corrected chi connectivity index (χ1v) is 8.50. The van der Waals surface area contributed by atoms with Crippen molar-refractivity contribution < 1.29 is 15.3 Å². The van der Waals surface area contributed by atoms with Crippen LogP contribution < -0.4 is 16.6 Å². The molecular formula is C18H23N3O5. The summed E-state index contributed by atoms with van der Waals surface area (Å²) in [7, 11) is 0. The van der Waals surface area contributed by atoms with E-state index < -0.39 is 34.7 Å². The number of H-pyrrole nitrogens is 2. The number of rotatable bonds is 6. The molecule has 0 saturated carbocycles. The Labute approximate surface area is 149 Å². The molecule has 1 saturated heterocycles. The highest BCUT2D eigenvalue weighted by atomic mass is 16.3. The minimum absolute atomic E-state index is 0.255. The van der Waals surface area contributed by atoms with Crippen LogP contribution in [-0.2, 0) is 6.42 Å². The molecule has 2 heterocycles. The highest BCUT2D eigenvalue weighted by Crippen LogP contribution is 2.43. The summed E-state index contributed by atoms with van der Waals surface area (Å²) in [6, 6.07) is 8.88. The number of benzene rings is 1. The van der Waals surface area contributed by atoms with Gasteiger partial charge in [0, 0.05) is 37.3 Å². The molecule has 3 rings (SSSR count). The fourth-order valence-corrected chi connectivity index (χ4v) is 4.03. The van der Waals surface area contributed by atoms with E-state index in [1.807, 2.05) is 30.3 Å². The standard InChI is InChI=1S/C18H23N3O5/c22-8-13-14(9-23)18(10-24,6-11-4-2-1-3-5-11)21-15(13)12-7-19-17(26)20-16(12)25/h1-5,7,13-15,21-24H,6,8-10H2,(H2,19,20,25,26)/t13-,14-,15+,18-/m0/s1. The van der Waals surface area contributed by atoms with Gasteiger partial charge < -0.3 is 25.6 Å². The van der Waals surface area contributed by atoms with Gasteiger partial charge in [0.1, 0.15) is 0 Å². The summed E-state index contributed by atoms with van der Waals surface area (Å²) in [4.78, 5) is 28.1. The highest BCUT2D eigenvalue weighted by Gasteiger charge is 2.53. The highest BCUT2D eigenvalue weighted by molar-refractivity contribution is 5.25. The van der Waals surface area contributed by atoms with Gasteiger partial charge in [0.2, 0.25) is 0 Å². The molecule has 1 aromatic carbocycles. The van der Waals surface area contributed by atoms with Crippen LogP contribution >= 0.6 is 0 Å². The van der Waals surface area contributed by atoms with Crippen molar-refractivity contribution in [2.24, 2.45) is 11.8 Å². The summed E-state index contributed by atoms with van der Waals surface area (Å²) in [6.07, 6.45) is 1.73. The van der Waals surface area contributed by atoms with Crippen molar-refractivity contribution >= 4 is 0 Å². The van der Waals surface area contributed by atoms with E-state index in [1.54, 1.807) is 0 Å². The summed E-state index contributed by atoms with van der Waals surface area (Å²) < 4.78 is 0. The Hall–Kier alpha value is -2.26. The van der Waals surface area contributed by atoms with Crippen molar-refractivity contribution in [1.29, 1.82) is 0 Å². The third kappa shape index (κ3) is 3.24. The molecule has 8 nitrogen and oxygen atoms in total. The maximum absolute atomic E-state index is 12.2. The van der Waals surface area contributed by atoms with Crippen LogP contribution in [0.3, 0.4) is 0 Å².